The molecule has 3 heterocycles. The molecule has 9 N–H and O–H groups in total. The lowest BCUT2D eigenvalue weighted by Gasteiger charge is -2.45. The van der Waals surface area contributed by atoms with Gasteiger partial charge in [-0.2, -0.15) is 0 Å². The molecule has 2 aliphatic heterocycles. The van der Waals surface area contributed by atoms with Crippen LogP contribution in [-0.4, -0.2) is 101 Å². The molecule has 2 aromatic carbocycles. The van der Waals surface area contributed by atoms with E-state index in [0.717, 1.165) is 12.1 Å². The predicted octanol–water partition coefficient (Wildman–Crippen LogP) is -0.694. The molecular weight excluding hydrogens is 564 g/mol. The van der Waals surface area contributed by atoms with Gasteiger partial charge in [-0.3, -0.25) is 4.79 Å². The van der Waals surface area contributed by atoms with Crippen LogP contribution in [0.25, 0.3) is 22.3 Å². The number of hydrogen-bond donors (Lipinski definition) is 9. The molecule has 7 unspecified atom stereocenters. The first-order chi connectivity index (χ1) is 19.7. The van der Waals surface area contributed by atoms with E-state index in [1.807, 2.05) is 0 Å². The van der Waals surface area contributed by atoms with Crippen molar-refractivity contribution in [3.63, 3.8) is 0 Å². The van der Waals surface area contributed by atoms with Gasteiger partial charge in [-0.25, -0.2) is 0 Å². The van der Waals surface area contributed by atoms with Crippen molar-refractivity contribution in [2.75, 3.05) is 6.61 Å². The van der Waals surface area contributed by atoms with Gasteiger partial charge in [0.05, 0.1) is 12.7 Å². The second-order valence-electron chi connectivity index (χ2n) is 10.3. The monoisotopic (exact) mass is 594 g/mol. The molecule has 15 nitrogen and oxygen atoms in total. The van der Waals surface area contributed by atoms with Crippen molar-refractivity contribution in [2.24, 2.45) is 0 Å². The van der Waals surface area contributed by atoms with Crippen LogP contribution in [0, 0.1) is 0 Å². The van der Waals surface area contributed by atoms with E-state index in [-0.39, 0.29) is 46.6 Å². The Bertz CT molecular complexity index is 1500. The zero-order valence-corrected chi connectivity index (χ0v) is 22.0. The SMILES string of the molecule is CC1CCC(O)(O)C(O)(OCC2OC(Oc3ccc(-c4oc5cc(O)cc(O)c5c(=O)c4O)cc3)C(O)C(O)C2O)O1. The second-order valence-corrected chi connectivity index (χ2v) is 10.3. The normalized spacial score (nSPS) is 31.2. The van der Waals surface area contributed by atoms with Gasteiger partial charge in [-0.15, -0.1) is 0 Å². The number of ether oxygens (including phenoxy) is 4. The van der Waals surface area contributed by atoms with Crippen LogP contribution in [0.4, 0.5) is 0 Å². The van der Waals surface area contributed by atoms with Gasteiger partial charge in [0.2, 0.25) is 23.3 Å². The van der Waals surface area contributed by atoms with Crippen LogP contribution in [0.1, 0.15) is 19.8 Å². The first kappa shape index (κ1) is 30.0. The number of aliphatic hydroxyl groups is 6. The van der Waals surface area contributed by atoms with Crippen LogP contribution in [0.15, 0.2) is 45.6 Å². The molecule has 0 bridgehead atoms. The van der Waals surface area contributed by atoms with E-state index in [4.69, 9.17) is 23.4 Å². The highest BCUT2D eigenvalue weighted by Gasteiger charge is 2.56. The molecule has 0 radical (unpaired) electrons. The summed E-state index contributed by atoms with van der Waals surface area (Å²) in [5, 5.41) is 91.8. The Morgan fingerprint density at radius 2 is 1.67 bits per heavy atom. The number of phenolic OH excluding ortho intramolecular Hbond substituents is 2. The van der Waals surface area contributed by atoms with Crippen LogP contribution in [0.5, 0.6) is 23.0 Å². The average Bonchev–Trinajstić information content (AvgIpc) is 2.93. The first-order valence-electron chi connectivity index (χ1n) is 12.9. The summed E-state index contributed by atoms with van der Waals surface area (Å²) in [5.74, 6) is -7.57. The fourth-order valence-corrected chi connectivity index (χ4v) is 4.77. The highest BCUT2D eigenvalue weighted by Crippen LogP contribution is 2.37. The lowest BCUT2D eigenvalue weighted by molar-refractivity contribution is -0.499. The summed E-state index contributed by atoms with van der Waals surface area (Å²) in [6.07, 6.45) is -8.90. The Morgan fingerprint density at radius 3 is 2.36 bits per heavy atom. The molecule has 2 fully saturated rings. The minimum atomic E-state index is -2.86. The summed E-state index contributed by atoms with van der Waals surface area (Å²) in [6, 6.07) is 7.48. The fourth-order valence-electron chi connectivity index (χ4n) is 4.77. The molecule has 42 heavy (non-hydrogen) atoms. The van der Waals surface area contributed by atoms with E-state index in [2.05, 4.69) is 0 Å². The first-order valence-corrected chi connectivity index (χ1v) is 12.9. The minimum Gasteiger partial charge on any atom is -0.508 e. The van der Waals surface area contributed by atoms with E-state index in [1.54, 1.807) is 6.92 Å². The molecule has 0 spiro atoms. The number of rotatable bonds is 6. The molecule has 2 saturated heterocycles. The van der Waals surface area contributed by atoms with Gasteiger partial charge in [-0.1, -0.05) is 0 Å². The summed E-state index contributed by atoms with van der Waals surface area (Å²) in [7, 11) is 0. The van der Waals surface area contributed by atoms with E-state index < -0.39 is 72.1 Å². The van der Waals surface area contributed by atoms with Crippen LogP contribution >= 0.6 is 0 Å². The lowest BCUT2D eigenvalue weighted by Crippen LogP contribution is -2.64. The summed E-state index contributed by atoms with van der Waals surface area (Å²) in [5.41, 5.74) is -0.913. The molecule has 228 valence electrons. The largest absolute Gasteiger partial charge is 0.508 e. The summed E-state index contributed by atoms with van der Waals surface area (Å²) >= 11 is 0. The quantitative estimate of drug-likeness (QED) is 0.160. The van der Waals surface area contributed by atoms with Crippen molar-refractivity contribution in [1.29, 1.82) is 0 Å². The van der Waals surface area contributed by atoms with Gasteiger partial charge < -0.3 is 69.3 Å². The molecule has 0 saturated carbocycles. The van der Waals surface area contributed by atoms with Crippen molar-refractivity contribution >= 4 is 11.0 Å². The van der Waals surface area contributed by atoms with Crippen LogP contribution in [0.3, 0.4) is 0 Å². The average molecular weight is 595 g/mol. The zero-order valence-electron chi connectivity index (χ0n) is 22.0. The molecule has 0 aliphatic carbocycles. The molecular formula is C27H30O15. The Hall–Kier alpha value is -3.51. The Balaban J connectivity index is 1.32. The summed E-state index contributed by atoms with van der Waals surface area (Å²) in [4.78, 5) is 12.6. The minimum absolute atomic E-state index is 0.0665. The maximum Gasteiger partial charge on any atom is 0.338 e. The number of benzene rings is 2. The molecule has 7 atom stereocenters. The van der Waals surface area contributed by atoms with Crippen LogP contribution in [0.2, 0.25) is 0 Å². The molecule has 1 aromatic heterocycles. The third kappa shape index (κ3) is 5.37. The molecule has 15 heteroatoms. The van der Waals surface area contributed by atoms with Crippen molar-refractivity contribution in [3.05, 3.63) is 46.6 Å². The van der Waals surface area contributed by atoms with Crippen molar-refractivity contribution in [3.8, 4) is 34.3 Å². The van der Waals surface area contributed by atoms with Crippen molar-refractivity contribution < 1.29 is 69.3 Å². The second kappa shape index (κ2) is 11.0. The van der Waals surface area contributed by atoms with Crippen LogP contribution < -0.4 is 10.2 Å². The topological polar surface area (TPSA) is 249 Å². The maximum absolute atomic E-state index is 12.6. The third-order valence-corrected chi connectivity index (χ3v) is 7.18. The molecule has 0 amide bonds. The smallest absolute Gasteiger partial charge is 0.338 e. The Kier molecular flexibility index (Phi) is 7.82. The molecule has 5 rings (SSSR count). The van der Waals surface area contributed by atoms with E-state index in [9.17, 15) is 50.8 Å². The number of aromatic hydroxyl groups is 3. The predicted molar refractivity (Wildman–Crippen MR) is 138 cm³/mol. The highest BCUT2D eigenvalue weighted by atomic mass is 16.9. The number of phenols is 2. The summed E-state index contributed by atoms with van der Waals surface area (Å²) < 4.78 is 27.1. The van der Waals surface area contributed by atoms with Gasteiger partial charge in [0.15, 0.2) is 5.76 Å². The van der Waals surface area contributed by atoms with E-state index in [0.29, 0.717) is 0 Å². The van der Waals surface area contributed by atoms with Crippen LogP contribution in [-0.2, 0) is 14.2 Å². The van der Waals surface area contributed by atoms with Crippen molar-refractivity contribution in [1.82, 2.24) is 0 Å². The molecule has 3 aromatic rings. The van der Waals surface area contributed by atoms with Gasteiger partial charge in [0.25, 0.3) is 0 Å². The lowest BCUT2D eigenvalue weighted by atomic mass is 9.99. The zero-order chi connectivity index (χ0) is 30.6. The van der Waals surface area contributed by atoms with Gasteiger partial charge in [0, 0.05) is 24.1 Å². The van der Waals surface area contributed by atoms with E-state index in [1.165, 1.54) is 24.3 Å². The number of fused-ring (bicyclic) bond motifs is 1. The maximum atomic E-state index is 12.6. The Morgan fingerprint density at radius 1 is 0.976 bits per heavy atom. The van der Waals surface area contributed by atoms with Crippen molar-refractivity contribution in [2.45, 2.75) is 68.3 Å². The van der Waals surface area contributed by atoms with Gasteiger partial charge in [-0.05, 0) is 37.6 Å². The third-order valence-electron chi connectivity index (χ3n) is 7.18. The van der Waals surface area contributed by atoms with E-state index >= 15 is 0 Å². The number of aliphatic hydroxyl groups excluding tert-OH is 3. The van der Waals surface area contributed by atoms with Gasteiger partial charge >= 0.3 is 5.97 Å². The standard InChI is InChI=1S/C27H30O15/c1-11-6-7-26(35,36)27(37,42-11)38-10-17-19(30)21(32)23(34)25(41-17)39-14-4-2-12(3-5-14)24-22(33)20(31)18-15(29)8-13(28)9-16(18)40-24/h2-5,8-9,11,17,19,21,23,25,28-30,32-37H,6-7,10H2,1H3. The Labute approximate surface area is 236 Å². The fraction of sp³-hybridized carbons (Fsp3) is 0.444. The van der Waals surface area contributed by atoms with Gasteiger partial charge in [0.1, 0.15) is 52.6 Å². The highest BCUT2D eigenvalue weighted by molar-refractivity contribution is 5.88. The summed E-state index contributed by atoms with van der Waals surface area (Å²) in [6.45, 7) is 0.872. The number of hydrogen-bond acceptors (Lipinski definition) is 15. The molecule has 2 aliphatic rings.